The van der Waals surface area contributed by atoms with Crippen LogP contribution in [0.4, 0.5) is 0 Å². The number of nitrogens with one attached hydrogen (secondary N) is 1. The Kier molecular flexibility index (Phi) is 4.28. The Morgan fingerprint density at radius 1 is 1.45 bits per heavy atom. The van der Waals surface area contributed by atoms with Crippen LogP contribution in [0.1, 0.15) is 33.0 Å². The normalized spacial score (nSPS) is 11.8. The molecule has 0 fully saturated rings. The smallest absolute Gasteiger partial charge is 0.222 e. The van der Waals surface area contributed by atoms with Gasteiger partial charge >= 0.3 is 0 Å². The van der Waals surface area contributed by atoms with Crippen molar-refractivity contribution in [3.63, 3.8) is 0 Å². The van der Waals surface area contributed by atoms with Gasteiger partial charge < -0.3 is 9.88 Å². The molecule has 0 atom stereocenters. The summed E-state index contributed by atoms with van der Waals surface area (Å²) in [6.45, 7) is 6.46. The number of nitrogens with zero attached hydrogens (tertiary/aromatic N) is 3. The Labute approximate surface area is 123 Å². The highest BCUT2D eigenvalue weighted by molar-refractivity contribution is 6.16. The average Bonchev–Trinajstić information content (AvgIpc) is 2.72. The third kappa shape index (κ3) is 3.48. The minimum absolute atomic E-state index is 0.0222. The van der Waals surface area contributed by atoms with Gasteiger partial charge in [0.15, 0.2) is 0 Å². The van der Waals surface area contributed by atoms with Gasteiger partial charge in [0.25, 0.3) is 0 Å². The summed E-state index contributed by atoms with van der Waals surface area (Å²) in [5.74, 6) is 1.10. The molecule has 1 amide bonds. The number of halogens is 1. The maximum absolute atomic E-state index is 11.9. The number of imidazole rings is 1. The van der Waals surface area contributed by atoms with Crippen LogP contribution >= 0.6 is 11.6 Å². The molecule has 0 spiro atoms. The quantitative estimate of drug-likeness (QED) is 0.881. The number of aryl methyl sites for hydroxylation is 1. The van der Waals surface area contributed by atoms with E-state index in [1.807, 2.05) is 31.4 Å². The average molecular weight is 295 g/mol. The largest absolute Gasteiger partial charge is 0.351 e. The maximum atomic E-state index is 11.9. The lowest BCUT2D eigenvalue weighted by Crippen LogP contribution is -2.40. The van der Waals surface area contributed by atoms with Crippen LogP contribution in [0.15, 0.2) is 18.5 Å². The molecule has 2 rings (SSSR count). The zero-order valence-electron chi connectivity index (χ0n) is 12.0. The fraction of sp³-hybridized carbons (Fsp3) is 0.500. The van der Waals surface area contributed by atoms with Gasteiger partial charge in [-0.15, -0.1) is 11.6 Å². The van der Waals surface area contributed by atoms with Crippen molar-refractivity contribution in [2.75, 3.05) is 0 Å². The molecule has 0 radical (unpaired) electrons. The maximum Gasteiger partial charge on any atom is 0.222 e. The summed E-state index contributed by atoms with van der Waals surface area (Å²) < 4.78 is 1.98. The van der Waals surface area contributed by atoms with Crippen LogP contribution in [-0.2, 0) is 17.2 Å². The van der Waals surface area contributed by atoms with E-state index in [1.54, 1.807) is 12.4 Å². The monoisotopic (exact) mass is 294 g/mol. The molecule has 0 saturated heterocycles. The van der Waals surface area contributed by atoms with E-state index in [1.165, 1.54) is 0 Å². The standard InChI is InChI=1S/C14H19ClN4O/c1-14(2,3)18-13(20)5-7-19-11-4-6-16-9-10(11)17-12(19)8-15/h4,6,9H,5,7-8H2,1-3H3,(H,18,20). The van der Waals surface area contributed by atoms with Crippen LogP contribution in [0.3, 0.4) is 0 Å². The molecule has 0 aliphatic heterocycles. The lowest BCUT2D eigenvalue weighted by Gasteiger charge is -2.20. The van der Waals surface area contributed by atoms with Gasteiger partial charge in [-0.05, 0) is 26.8 Å². The zero-order valence-corrected chi connectivity index (χ0v) is 12.7. The molecule has 5 nitrogen and oxygen atoms in total. The Balaban J connectivity index is 2.15. The number of aromatic nitrogens is 3. The highest BCUT2D eigenvalue weighted by Crippen LogP contribution is 2.17. The number of carbonyl (C=O) groups is 1. The number of alkyl halides is 1. The fourth-order valence-electron chi connectivity index (χ4n) is 2.08. The van der Waals surface area contributed by atoms with Gasteiger partial charge in [0.1, 0.15) is 11.3 Å². The molecule has 108 valence electrons. The number of fused-ring (bicyclic) bond motifs is 1. The summed E-state index contributed by atoms with van der Waals surface area (Å²) in [6.07, 6.45) is 3.82. The van der Waals surface area contributed by atoms with E-state index < -0.39 is 0 Å². The van der Waals surface area contributed by atoms with Crippen LogP contribution in [0.5, 0.6) is 0 Å². The SMILES string of the molecule is CC(C)(C)NC(=O)CCn1c(CCl)nc2cnccc21. The molecule has 2 heterocycles. The number of amides is 1. The highest BCUT2D eigenvalue weighted by atomic mass is 35.5. The molecule has 0 saturated carbocycles. The van der Waals surface area contributed by atoms with Crippen molar-refractivity contribution in [1.29, 1.82) is 0 Å². The van der Waals surface area contributed by atoms with Crippen LogP contribution < -0.4 is 5.32 Å². The first kappa shape index (κ1) is 14.8. The Morgan fingerprint density at radius 3 is 2.85 bits per heavy atom. The van der Waals surface area contributed by atoms with Crippen molar-refractivity contribution in [2.45, 2.75) is 45.2 Å². The zero-order chi connectivity index (χ0) is 14.8. The molecular formula is C14H19ClN4O. The summed E-state index contributed by atoms with van der Waals surface area (Å²) in [6, 6.07) is 1.89. The predicted octanol–water partition coefficient (Wildman–Crippen LogP) is 2.47. The van der Waals surface area contributed by atoms with E-state index in [2.05, 4.69) is 15.3 Å². The van der Waals surface area contributed by atoms with Gasteiger partial charge in [-0.2, -0.15) is 0 Å². The van der Waals surface area contributed by atoms with Crippen molar-refractivity contribution in [3.05, 3.63) is 24.3 Å². The van der Waals surface area contributed by atoms with Gasteiger partial charge in [-0.1, -0.05) is 0 Å². The molecule has 2 aromatic rings. The summed E-state index contributed by atoms with van der Waals surface area (Å²) >= 11 is 5.92. The fourth-order valence-corrected chi connectivity index (χ4v) is 2.28. The third-order valence-electron chi connectivity index (χ3n) is 2.83. The minimum atomic E-state index is -0.215. The number of carbonyl (C=O) groups excluding carboxylic acids is 1. The minimum Gasteiger partial charge on any atom is -0.351 e. The first-order valence-corrected chi connectivity index (χ1v) is 7.10. The first-order chi connectivity index (χ1) is 9.40. The topological polar surface area (TPSA) is 59.8 Å². The number of rotatable bonds is 4. The van der Waals surface area contributed by atoms with E-state index in [-0.39, 0.29) is 11.4 Å². The van der Waals surface area contributed by atoms with Gasteiger partial charge in [-0.3, -0.25) is 9.78 Å². The molecule has 0 aliphatic carbocycles. The second-order valence-electron chi connectivity index (χ2n) is 5.73. The molecular weight excluding hydrogens is 276 g/mol. The number of hydrogen-bond acceptors (Lipinski definition) is 3. The van der Waals surface area contributed by atoms with E-state index in [0.717, 1.165) is 16.9 Å². The molecule has 6 heteroatoms. The van der Waals surface area contributed by atoms with Crippen molar-refractivity contribution >= 4 is 28.5 Å². The lowest BCUT2D eigenvalue weighted by atomic mass is 10.1. The Bertz CT molecular complexity index is 615. The summed E-state index contributed by atoms with van der Waals surface area (Å²) in [4.78, 5) is 20.4. The van der Waals surface area contributed by atoms with E-state index in [4.69, 9.17) is 11.6 Å². The Hall–Kier alpha value is -1.62. The van der Waals surface area contributed by atoms with Gasteiger partial charge in [0.2, 0.25) is 5.91 Å². The first-order valence-electron chi connectivity index (χ1n) is 6.57. The van der Waals surface area contributed by atoms with Crippen LogP contribution in [0, 0.1) is 0 Å². The van der Waals surface area contributed by atoms with Crippen LogP contribution in [0.25, 0.3) is 11.0 Å². The molecule has 0 aromatic carbocycles. The van der Waals surface area contributed by atoms with Crippen molar-refractivity contribution in [1.82, 2.24) is 19.9 Å². The second kappa shape index (κ2) is 5.79. The van der Waals surface area contributed by atoms with E-state index >= 15 is 0 Å². The number of pyridine rings is 1. The molecule has 2 aromatic heterocycles. The van der Waals surface area contributed by atoms with Gasteiger partial charge in [0.05, 0.1) is 17.6 Å². The molecule has 0 bridgehead atoms. The van der Waals surface area contributed by atoms with E-state index in [0.29, 0.717) is 18.8 Å². The van der Waals surface area contributed by atoms with Gasteiger partial charge in [0, 0.05) is 24.7 Å². The van der Waals surface area contributed by atoms with Gasteiger partial charge in [-0.25, -0.2) is 4.98 Å². The molecule has 0 aliphatic rings. The highest BCUT2D eigenvalue weighted by Gasteiger charge is 2.15. The van der Waals surface area contributed by atoms with Crippen LogP contribution in [0.2, 0.25) is 0 Å². The molecule has 20 heavy (non-hydrogen) atoms. The molecule has 0 unspecified atom stereocenters. The van der Waals surface area contributed by atoms with Crippen molar-refractivity contribution in [3.8, 4) is 0 Å². The van der Waals surface area contributed by atoms with Crippen molar-refractivity contribution < 1.29 is 4.79 Å². The second-order valence-corrected chi connectivity index (χ2v) is 5.99. The summed E-state index contributed by atoms with van der Waals surface area (Å²) in [5, 5.41) is 2.95. The van der Waals surface area contributed by atoms with E-state index in [9.17, 15) is 4.79 Å². The third-order valence-corrected chi connectivity index (χ3v) is 3.07. The van der Waals surface area contributed by atoms with Crippen molar-refractivity contribution in [2.24, 2.45) is 0 Å². The number of hydrogen-bond donors (Lipinski definition) is 1. The summed E-state index contributed by atoms with van der Waals surface area (Å²) in [7, 11) is 0. The molecule has 1 N–H and O–H groups in total. The Morgan fingerprint density at radius 2 is 2.20 bits per heavy atom. The lowest BCUT2D eigenvalue weighted by molar-refractivity contribution is -0.122. The van der Waals surface area contributed by atoms with Crippen LogP contribution in [-0.4, -0.2) is 26.0 Å². The predicted molar refractivity (Wildman–Crippen MR) is 79.6 cm³/mol. The summed E-state index contributed by atoms with van der Waals surface area (Å²) in [5.41, 5.74) is 1.55.